The highest BCUT2D eigenvalue weighted by molar-refractivity contribution is 5.97. The van der Waals surface area contributed by atoms with E-state index in [1.807, 2.05) is 51.1 Å². The Morgan fingerprint density at radius 2 is 1.48 bits per heavy atom. The van der Waals surface area contributed by atoms with Gasteiger partial charge in [0.1, 0.15) is 0 Å². The number of hydrogen-bond donors (Lipinski definition) is 1. The van der Waals surface area contributed by atoms with Crippen LogP contribution in [0.1, 0.15) is 34.0 Å². The molecule has 4 heteroatoms. The summed E-state index contributed by atoms with van der Waals surface area (Å²) in [6, 6.07) is 12.9. The molecule has 0 aliphatic heterocycles. The van der Waals surface area contributed by atoms with E-state index in [1.165, 1.54) is 0 Å². The summed E-state index contributed by atoms with van der Waals surface area (Å²) < 4.78 is 5.25. The largest absolute Gasteiger partial charge is 0.449 e. The second-order valence-corrected chi connectivity index (χ2v) is 5.78. The van der Waals surface area contributed by atoms with Crippen LogP contribution in [0.5, 0.6) is 0 Å². The molecule has 2 aromatic carbocycles. The molecule has 0 bridgehead atoms. The zero-order chi connectivity index (χ0) is 17.0. The van der Waals surface area contributed by atoms with Gasteiger partial charge in [-0.1, -0.05) is 34.9 Å². The SMILES string of the molecule is Cc1ccc(NC(=O)[C@H](C)OC(=O)c2cc(C)cc(C)c2)cc1. The van der Waals surface area contributed by atoms with E-state index < -0.39 is 12.1 Å². The predicted octanol–water partition coefficient (Wildman–Crippen LogP) is 3.80. The fourth-order valence-electron chi connectivity index (χ4n) is 2.26. The van der Waals surface area contributed by atoms with Crippen LogP contribution in [0.15, 0.2) is 42.5 Å². The Hall–Kier alpha value is -2.62. The monoisotopic (exact) mass is 311 g/mol. The normalized spacial score (nSPS) is 11.7. The smallest absolute Gasteiger partial charge is 0.338 e. The molecule has 1 N–H and O–H groups in total. The predicted molar refractivity (Wildman–Crippen MR) is 90.6 cm³/mol. The van der Waals surface area contributed by atoms with E-state index >= 15 is 0 Å². The number of hydrogen-bond acceptors (Lipinski definition) is 3. The molecule has 0 saturated heterocycles. The van der Waals surface area contributed by atoms with Crippen molar-refractivity contribution < 1.29 is 14.3 Å². The maximum atomic E-state index is 12.2. The van der Waals surface area contributed by atoms with E-state index in [2.05, 4.69) is 5.32 Å². The number of benzene rings is 2. The van der Waals surface area contributed by atoms with Crippen LogP contribution >= 0.6 is 0 Å². The summed E-state index contributed by atoms with van der Waals surface area (Å²) in [6.45, 7) is 7.36. The highest BCUT2D eigenvalue weighted by atomic mass is 16.5. The van der Waals surface area contributed by atoms with Crippen LogP contribution in [0.3, 0.4) is 0 Å². The lowest BCUT2D eigenvalue weighted by Crippen LogP contribution is -2.30. The average molecular weight is 311 g/mol. The quantitative estimate of drug-likeness (QED) is 0.874. The zero-order valence-corrected chi connectivity index (χ0v) is 13.8. The molecule has 120 valence electrons. The van der Waals surface area contributed by atoms with Gasteiger partial charge in [-0.25, -0.2) is 4.79 Å². The second-order valence-electron chi connectivity index (χ2n) is 5.78. The Balaban J connectivity index is 1.99. The summed E-state index contributed by atoms with van der Waals surface area (Å²) in [5.41, 5.74) is 4.20. The molecule has 1 atom stereocenters. The van der Waals surface area contributed by atoms with Gasteiger partial charge in [-0.3, -0.25) is 4.79 Å². The third-order valence-corrected chi connectivity index (χ3v) is 3.43. The van der Waals surface area contributed by atoms with Crippen LogP contribution in [0.25, 0.3) is 0 Å². The lowest BCUT2D eigenvalue weighted by Gasteiger charge is -2.14. The minimum Gasteiger partial charge on any atom is -0.449 e. The molecule has 0 spiro atoms. The van der Waals surface area contributed by atoms with E-state index in [-0.39, 0.29) is 5.91 Å². The van der Waals surface area contributed by atoms with Crippen LogP contribution in [0.2, 0.25) is 0 Å². The summed E-state index contributed by atoms with van der Waals surface area (Å²) in [4.78, 5) is 24.3. The highest BCUT2D eigenvalue weighted by Crippen LogP contribution is 2.13. The van der Waals surface area contributed by atoms with Gasteiger partial charge in [0.05, 0.1) is 5.56 Å². The molecule has 4 nitrogen and oxygen atoms in total. The first-order valence-electron chi connectivity index (χ1n) is 7.52. The molecule has 0 fully saturated rings. The van der Waals surface area contributed by atoms with Crippen molar-refractivity contribution >= 4 is 17.6 Å². The molecule has 23 heavy (non-hydrogen) atoms. The molecule has 1 amide bonds. The first-order valence-corrected chi connectivity index (χ1v) is 7.52. The molecule has 0 radical (unpaired) electrons. The van der Waals surface area contributed by atoms with Crippen molar-refractivity contribution in [3.8, 4) is 0 Å². The Morgan fingerprint density at radius 3 is 2.04 bits per heavy atom. The molecule has 0 saturated carbocycles. The molecule has 0 heterocycles. The van der Waals surface area contributed by atoms with E-state index in [4.69, 9.17) is 4.74 Å². The number of carbonyl (C=O) groups excluding carboxylic acids is 2. The fraction of sp³-hybridized carbons (Fsp3) is 0.263. The van der Waals surface area contributed by atoms with Gasteiger partial charge in [0.2, 0.25) is 0 Å². The van der Waals surface area contributed by atoms with Gasteiger partial charge in [0.15, 0.2) is 6.10 Å². The lowest BCUT2D eigenvalue weighted by molar-refractivity contribution is -0.123. The molecule has 2 rings (SSSR count). The summed E-state index contributed by atoms with van der Waals surface area (Å²) in [7, 11) is 0. The van der Waals surface area contributed by atoms with Gasteiger partial charge >= 0.3 is 5.97 Å². The maximum absolute atomic E-state index is 12.2. The third-order valence-electron chi connectivity index (χ3n) is 3.43. The Kier molecular flexibility index (Phi) is 5.16. The number of ether oxygens (including phenoxy) is 1. The Labute approximate surface area is 136 Å². The van der Waals surface area contributed by atoms with Gasteiger partial charge in [-0.2, -0.15) is 0 Å². The summed E-state index contributed by atoms with van der Waals surface area (Å²) in [5, 5.41) is 2.73. The topological polar surface area (TPSA) is 55.4 Å². The summed E-state index contributed by atoms with van der Waals surface area (Å²) >= 11 is 0. The first kappa shape index (κ1) is 16.7. The molecular weight excluding hydrogens is 290 g/mol. The molecular formula is C19H21NO3. The van der Waals surface area contributed by atoms with Gasteiger partial charge in [-0.05, 0) is 52.0 Å². The van der Waals surface area contributed by atoms with Crippen LogP contribution < -0.4 is 5.32 Å². The first-order chi connectivity index (χ1) is 10.8. The average Bonchev–Trinajstić information content (AvgIpc) is 2.48. The van der Waals surface area contributed by atoms with Crippen molar-refractivity contribution in [1.29, 1.82) is 0 Å². The van der Waals surface area contributed by atoms with E-state index in [9.17, 15) is 9.59 Å². The van der Waals surface area contributed by atoms with Gasteiger partial charge < -0.3 is 10.1 Å². The number of nitrogens with one attached hydrogen (secondary N) is 1. The van der Waals surface area contributed by atoms with Crippen molar-refractivity contribution in [3.63, 3.8) is 0 Å². The number of rotatable bonds is 4. The third kappa shape index (κ3) is 4.68. The number of amides is 1. The van der Waals surface area contributed by atoms with Crippen molar-refractivity contribution in [1.82, 2.24) is 0 Å². The van der Waals surface area contributed by atoms with Crippen molar-refractivity contribution in [2.45, 2.75) is 33.8 Å². The van der Waals surface area contributed by atoms with Gasteiger partial charge in [0.25, 0.3) is 5.91 Å². The standard InChI is InChI=1S/C19H21NO3/c1-12-5-7-17(8-6-12)20-18(21)15(4)23-19(22)16-10-13(2)9-14(3)11-16/h5-11,15H,1-4H3,(H,20,21)/t15-/m0/s1. The number of carbonyl (C=O) groups is 2. The number of anilines is 1. The van der Waals surface area contributed by atoms with Crippen molar-refractivity contribution in [2.24, 2.45) is 0 Å². The Morgan fingerprint density at radius 1 is 0.913 bits per heavy atom. The van der Waals surface area contributed by atoms with Crippen molar-refractivity contribution in [3.05, 3.63) is 64.7 Å². The van der Waals surface area contributed by atoms with E-state index in [1.54, 1.807) is 19.1 Å². The highest BCUT2D eigenvalue weighted by Gasteiger charge is 2.19. The molecule has 0 unspecified atom stereocenters. The van der Waals surface area contributed by atoms with Crippen molar-refractivity contribution in [2.75, 3.05) is 5.32 Å². The van der Waals surface area contributed by atoms with E-state index in [0.717, 1.165) is 16.7 Å². The fourth-order valence-corrected chi connectivity index (χ4v) is 2.26. The second kappa shape index (κ2) is 7.09. The molecule has 2 aromatic rings. The maximum Gasteiger partial charge on any atom is 0.338 e. The number of esters is 1. The van der Waals surface area contributed by atoms with E-state index in [0.29, 0.717) is 11.3 Å². The molecule has 0 aliphatic carbocycles. The number of aryl methyl sites for hydroxylation is 3. The summed E-state index contributed by atoms with van der Waals surface area (Å²) in [5.74, 6) is -0.852. The van der Waals surface area contributed by atoms with Gasteiger partial charge in [0, 0.05) is 5.69 Å². The molecule has 0 aliphatic rings. The van der Waals surface area contributed by atoms with Crippen LogP contribution in [0.4, 0.5) is 5.69 Å². The minimum atomic E-state index is -0.871. The molecule has 0 aromatic heterocycles. The zero-order valence-electron chi connectivity index (χ0n) is 13.8. The van der Waals surface area contributed by atoms with Crippen LogP contribution in [0, 0.1) is 20.8 Å². The minimum absolute atomic E-state index is 0.355. The lowest BCUT2D eigenvalue weighted by atomic mass is 10.1. The van der Waals surface area contributed by atoms with Gasteiger partial charge in [-0.15, -0.1) is 0 Å². The Bertz CT molecular complexity index is 700. The summed E-state index contributed by atoms with van der Waals surface area (Å²) in [6.07, 6.45) is -0.871. The van der Waals surface area contributed by atoms with Crippen LogP contribution in [-0.2, 0) is 9.53 Å². The van der Waals surface area contributed by atoms with Crippen LogP contribution in [-0.4, -0.2) is 18.0 Å².